The van der Waals surface area contributed by atoms with Gasteiger partial charge in [-0.25, -0.2) is 4.79 Å². The maximum atomic E-state index is 12.7. The topological polar surface area (TPSA) is 107 Å². The van der Waals surface area contributed by atoms with Crippen molar-refractivity contribution in [1.29, 1.82) is 0 Å². The normalized spacial score (nSPS) is 31.6. The molecule has 0 aromatic rings. The van der Waals surface area contributed by atoms with Crippen molar-refractivity contribution < 1.29 is 29.1 Å². The molecule has 0 aromatic carbocycles. The van der Waals surface area contributed by atoms with Crippen LogP contribution < -0.4 is 0 Å². The van der Waals surface area contributed by atoms with Gasteiger partial charge in [0.05, 0.1) is 6.04 Å². The summed E-state index contributed by atoms with van der Waals surface area (Å²) in [7, 11) is -1.51. The highest BCUT2D eigenvalue weighted by Crippen LogP contribution is 2.31. The Morgan fingerprint density at radius 2 is 1.48 bits per heavy atom. The van der Waals surface area contributed by atoms with Gasteiger partial charge in [-0.05, 0) is 6.42 Å². The molecule has 2 aliphatic rings. The van der Waals surface area contributed by atoms with Crippen molar-refractivity contribution in [2.75, 3.05) is 12.4 Å². The summed E-state index contributed by atoms with van der Waals surface area (Å²) < 4.78 is 17.6. The van der Waals surface area contributed by atoms with E-state index < -0.39 is 46.6 Å². The number of carbonyl (C=O) groups is 1. The number of ether oxygens (including phenoxy) is 1. The zero-order chi connectivity index (χ0) is 19.8. The third-order valence-corrected chi connectivity index (χ3v) is 7.31. The number of amides is 1. The highest BCUT2D eigenvalue weighted by atomic mass is 32.2. The van der Waals surface area contributed by atoms with E-state index in [9.17, 15) is 24.3 Å². The summed E-state index contributed by atoms with van der Waals surface area (Å²) >= 11 is 0. The predicted molar refractivity (Wildman–Crippen MR) is 104 cm³/mol. The number of hydrogen-bond acceptors (Lipinski definition) is 6. The standard InChI is InChI=1S/C19H35NO6S/c1-2-3-4-5-6-7-8-9-10-11-12-27(25)18-17(23)16(22)15(21)14-13-26-19(24)20(14)18/h14-18,21-23H,2-13H2,1H3. The molecule has 0 spiro atoms. The monoisotopic (exact) mass is 405 g/mol. The number of cyclic esters (lactones) is 1. The molecule has 0 aromatic heterocycles. The molecule has 0 radical (unpaired) electrons. The molecule has 3 N–H and O–H groups in total. The number of nitrogens with zero attached hydrogens (tertiary/aromatic N) is 1. The first-order valence-corrected chi connectivity index (χ1v) is 11.7. The van der Waals surface area contributed by atoms with E-state index in [4.69, 9.17) is 4.74 Å². The lowest BCUT2D eigenvalue weighted by Gasteiger charge is -2.43. The highest BCUT2D eigenvalue weighted by molar-refractivity contribution is 7.85. The smallest absolute Gasteiger partial charge is 0.411 e. The molecule has 7 nitrogen and oxygen atoms in total. The molecular weight excluding hydrogens is 370 g/mol. The Morgan fingerprint density at radius 1 is 0.926 bits per heavy atom. The van der Waals surface area contributed by atoms with Crippen LogP contribution in [0.5, 0.6) is 0 Å². The van der Waals surface area contributed by atoms with Crippen molar-refractivity contribution in [1.82, 2.24) is 4.90 Å². The average molecular weight is 406 g/mol. The number of aliphatic hydroxyl groups excluding tert-OH is 3. The van der Waals surface area contributed by atoms with Crippen molar-refractivity contribution in [3.8, 4) is 0 Å². The van der Waals surface area contributed by atoms with E-state index in [0.29, 0.717) is 5.75 Å². The number of fused-ring (bicyclic) bond motifs is 1. The van der Waals surface area contributed by atoms with Crippen LogP contribution >= 0.6 is 0 Å². The minimum absolute atomic E-state index is 0.0598. The maximum absolute atomic E-state index is 12.7. The molecule has 2 saturated heterocycles. The molecule has 6 unspecified atom stereocenters. The molecular formula is C19H35NO6S. The SMILES string of the molecule is CCCCCCCCCCCCS(=O)C1C(O)C(O)C(O)C2COC(=O)N21. The van der Waals surface area contributed by atoms with Crippen LogP contribution in [0.15, 0.2) is 0 Å². The van der Waals surface area contributed by atoms with Crippen LogP contribution in [0.25, 0.3) is 0 Å². The van der Waals surface area contributed by atoms with Gasteiger partial charge in [-0.3, -0.25) is 9.11 Å². The number of rotatable bonds is 12. The second kappa shape index (κ2) is 11.3. The molecule has 27 heavy (non-hydrogen) atoms. The third-order valence-electron chi connectivity index (χ3n) is 5.57. The Labute approximate surface area is 164 Å². The third kappa shape index (κ3) is 5.89. The molecule has 2 rings (SSSR count). The van der Waals surface area contributed by atoms with Crippen molar-refractivity contribution in [2.45, 2.75) is 101 Å². The summed E-state index contributed by atoms with van der Waals surface area (Å²) in [5.74, 6) is 0.359. The van der Waals surface area contributed by atoms with E-state index >= 15 is 0 Å². The van der Waals surface area contributed by atoms with Crippen LogP contribution in [0.4, 0.5) is 4.79 Å². The first-order chi connectivity index (χ1) is 13.0. The van der Waals surface area contributed by atoms with Gasteiger partial charge in [0.25, 0.3) is 0 Å². The molecule has 2 aliphatic heterocycles. The van der Waals surface area contributed by atoms with Gasteiger partial charge in [-0.1, -0.05) is 64.7 Å². The summed E-state index contributed by atoms with van der Waals surface area (Å²) in [5, 5.41) is 29.3. The summed E-state index contributed by atoms with van der Waals surface area (Å²) in [4.78, 5) is 13.1. The summed E-state index contributed by atoms with van der Waals surface area (Å²) in [6.45, 7) is 2.15. The number of hydrogen-bond donors (Lipinski definition) is 3. The number of aliphatic hydroxyl groups is 3. The predicted octanol–water partition coefficient (Wildman–Crippen LogP) is 1.90. The van der Waals surface area contributed by atoms with Gasteiger partial charge in [-0.2, -0.15) is 0 Å². The van der Waals surface area contributed by atoms with E-state index in [0.717, 1.165) is 24.2 Å². The van der Waals surface area contributed by atoms with Crippen molar-refractivity contribution in [3.05, 3.63) is 0 Å². The largest absolute Gasteiger partial charge is 0.447 e. The Kier molecular flexibility index (Phi) is 9.48. The van der Waals surface area contributed by atoms with Crippen LogP contribution in [0, 0.1) is 0 Å². The molecule has 8 heteroatoms. The van der Waals surface area contributed by atoms with Gasteiger partial charge in [0.2, 0.25) is 0 Å². The van der Waals surface area contributed by atoms with Gasteiger partial charge in [0.15, 0.2) is 0 Å². The van der Waals surface area contributed by atoms with E-state index in [1.165, 1.54) is 44.9 Å². The fraction of sp³-hybridized carbons (Fsp3) is 0.947. The second-order valence-electron chi connectivity index (χ2n) is 7.68. The number of carbonyl (C=O) groups excluding carboxylic acids is 1. The molecule has 2 fully saturated rings. The molecule has 0 saturated carbocycles. The molecule has 158 valence electrons. The number of piperidine rings is 1. The lowest BCUT2D eigenvalue weighted by Crippen LogP contribution is -2.66. The Morgan fingerprint density at radius 3 is 2.07 bits per heavy atom. The van der Waals surface area contributed by atoms with Gasteiger partial charge < -0.3 is 20.1 Å². The van der Waals surface area contributed by atoms with Crippen molar-refractivity contribution >= 4 is 16.9 Å². The van der Waals surface area contributed by atoms with Gasteiger partial charge in [0, 0.05) is 16.6 Å². The van der Waals surface area contributed by atoms with Crippen LogP contribution in [-0.2, 0) is 15.5 Å². The summed E-state index contributed by atoms with van der Waals surface area (Å²) in [6, 6.07) is -0.752. The lowest BCUT2D eigenvalue weighted by atomic mass is 9.95. The fourth-order valence-electron chi connectivity index (χ4n) is 3.90. The molecule has 6 atom stereocenters. The maximum Gasteiger partial charge on any atom is 0.411 e. The van der Waals surface area contributed by atoms with Gasteiger partial charge in [-0.15, -0.1) is 0 Å². The first kappa shape index (κ1) is 22.6. The molecule has 1 amide bonds. The van der Waals surface area contributed by atoms with E-state index in [2.05, 4.69) is 6.92 Å². The Balaban J connectivity index is 1.69. The second-order valence-corrected chi connectivity index (χ2v) is 9.33. The van der Waals surface area contributed by atoms with E-state index in [1.54, 1.807) is 0 Å². The average Bonchev–Trinajstić information content (AvgIpc) is 3.03. The molecule has 0 aliphatic carbocycles. The lowest BCUT2D eigenvalue weighted by molar-refractivity contribution is -0.125. The first-order valence-electron chi connectivity index (χ1n) is 10.4. The minimum atomic E-state index is -1.51. The van der Waals surface area contributed by atoms with E-state index in [1.807, 2.05) is 0 Å². The fourth-order valence-corrected chi connectivity index (χ4v) is 5.60. The van der Waals surface area contributed by atoms with Gasteiger partial charge >= 0.3 is 6.09 Å². The number of unbranched alkanes of at least 4 members (excludes halogenated alkanes) is 9. The summed E-state index contributed by atoms with van der Waals surface area (Å²) in [5.41, 5.74) is 0. The van der Waals surface area contributed by atoms with Crippen LogP contribution in [0.2, 0.25) is 0 Å². The Hall–Kier alpha value is -0.700. The van der Waals surface area contributed by atoms with Gasteiger partial charge in [0.1, 0.15) is 30.3 Å². The van der Waals surface area contributed by atoms with Crippen LogP contribution in [0.1, 0.15) is 71.1 Å². The van der Waals surface area contributed by atoms with E-state index in [-0.39, 0.29) is 6.61 Å². The minimum Gasteiger partial charge on any atom is -0.447 e. The quantitative estimate of drug-likeness (QED) is 0.428. The molecule has 0 bridgehead atoms. The van der Waals surface area contributed by atoms with Crippen LogP contribution in [0.3, 0.4) is 0 Å². The zero-order valence-corrected chi connectivity index (χ0v) is 17.1. The van der Waals surface area contributed by atoms with Crippen molar-refractivity contribution in [3.63, 3.8) is 0 Å². The molecule has 2 heterocycles. The zero-order valence-electron chi connectivity index (χ0n) is 16.3. The van der Waals surface area contributed by atoms with Crippen LogP contribution in [-0.4, -0.2) is 72.6 Å². The summed E-state index contributed by atoms with van der Waals surface area (Å²) in [6.07, 6.45) is 6.84. The Bertz CT molecular complexity index is 491. The highest BCUT2D eigenvalue weighted by Gasteiger charge is 2.55. The van der Waals surface area contributed by atoms with Crippen molar-refractivity contribution in [2.24, 2.45) is 0 Å².